The van der Waals surface area contributed by atoms with E-state index in [4.69, 9.17) is 4.84 Å². The van der Waals surface area contributed by atoms with Crippen LogP contribution in [0.4, 0.5) is 0 Å². The zero-order valence-electron chi connectivity index (χ0n) is 12.0. The molecule has 1 saturated heterocycles. The van der Waals surface area contributed by atoms with Crippen molar-refractivity contribution in [3.63, 3.8) is 0 Å². The molecule has 0 radical (unpaired) electrons. The van der Waals surface area contributed by atoms with Gasteiger partial charge < -0.3 is 10.2 Å². The highest BCUT2D eigenvalue weighted by Gasteiger charge is 2.36. The van der Waals surface area contributed by atoms with Crippen molar-refractivity contribution in [1.29, 1.82) is 0 Å². The van der Waals surface area contributed by atoms with Crippen molar-refractivity contribution >= 4 is 23.7 Å². The zero-order chi connectivity index (χ0) is 15.3. The van der Waals surface area contributed by atoms with Crippen molar-refractivity contribution in [2.24, 2.45) is 11.8 Å². The van der Waals surface area contributed by atoms with Gasteiger partial charge in [-0.05, 0) is 12.3 Å². The Morgan fingerprint density at radius 3 is 2.25 bits per heavy atom. The quantitative estimate of drug-likeness (QED) is 0.562. The maximum Gasteiger partial charge on any atom is 0.345 e. The van der Waals surface area contributed by atoms with Crippen molar-refractivity contribution in [2.75, 3.05) is 6.54 Å². The van der Waals surface area contributed by atoms with Gasteiger partial charge in [-0.1, -0.05) is 20.8 Å². The van der Waals surface area contributed by atoms with Crippen LogP contribution in [-0.2, 0) is 24.0 Å². The van der Waals surface area contributed by atoms with Gasteiger partial charge in [0, 0.05) is 19.4 Å². The highest BCUT2D eigenvalue weighted by Crippen LogP contribution is 2.15. The first-order chi connectivity index (χ1) is 9.36. The molecule has 1 heterocycles. The third-order valence-corrected chi connectivity index (χ3v) is 2.88. The molecule has 1 aliphatic rings. The summed E-state index contributed by atoms with van der Waals surface area (Å²) in [5.74, 6) is -3.20. The van der Waals surface area contributed by atoms with Crippen LogP contribution in [0.5, 0.6) is 0 Å². The first-order valence-electron chi connectivity index (χ1n) is 6.72. The molecule has 0 aliphatic carbocycles. The average Bonchev–Trinajstić information content (AvgIpc) is 2.69. The summed E-state index contributed by atoms with van der Waals surface area (Å²) < 4.78 is 0. The summed E-state index contributed by atoms with van der Waals surface area (Å²) in [6.45, 7) is 5.97. The summed E-state index contributed by atoms with van der Waals surface area (Å²) >= 11 is 0. The molecule has 1 fully saturated rings. The number of carbonyl (C=O) groups is 4. The van der Waals surface area contributed by atoms with Gasteiger partial charge in [-0.15, -0.1) is 5.06 Å². The second kappa shape index (κ2) is 7.02. The van der Waals surface area contributed by atoms with Crippen molar-refractivity contribution in [2.45, 2.75) is 40.0 Å². The summed E-state index contributed by atoms with van der Waals surface area (Å²) in [6, 6.07) is 0. The summed E-state index contributed by atoms with van der Waals surface area (Å²) in [4.78, 5) is 51.2. The molecular weight excluding hydrogens is 264 g/mol. The number of amides is 3. The molecule has 0 aromatic carbocycles. The minimum atomic E-state index is -1.02. The number of nitrogens with one attached hydrogen (secondary N) is 1. The van der Waals surface area contributed by atoms with Crippen LogP contribution in [0.25, 0.3) is 0 Å². The first-order valence-corrected chi connectivity index (χ1v) is 6.72. The number of carbonyl (C=O) groups excluding carboxylic acids is 4. The molecule has 1 aliphatic heterocycles. The van der Waals surface area contributed by atoms with E-state index in [-0.39, 0.29) is 25.2 Å². The fourth-order valence-corrected chi connectivity index (χ4v) is 1.70. The van der Waals surface area contributed by atoms with Crippen LogP contribution in [0, 0.1) is 11.8 Å². The van der Waals surface area contributed by atoms with Gasteiger partial charge in [0.2, 0.25) is 5.91 Å². The van der Waals surface area contributed by atoms with Gasteiger partial charge in [0.05, 0.1) is 0 Å². The molecule has 20 heavy (non-hydrogen) atoms. The van der Waals surface area contributed by atoms with Gasteiger partial charge in [-0.2, -0.15) is 0 Å². The number of hydroxylamine groups is 2. The number of nitrogens with zero attached hydrogens (tertiary/aromatic N) is 1. The first kappa shape index (κ1) is 16.1. The lowest BCUT2D eigenvalue weighted by molar-refractivity contribution is -0.201. The van der Waals surface area contributed by atoms with Gasteiger partial charge in [-0.25, -0.2) is 4.79 Å². The average molecular weight is 284 g/mol. The van der Waals surface area contributed by atoms with Crippen molar-refractivity contribution in [3.8, 4) is 0 Å². The lowest BCUT2D eigenvalue weighted by Gasteiger charge is -2.18. The van der Waals surface area contributed by atoms with E-state index in [0.717, 1.165) is 0 Å². The predicted octanol–water partition coefficient (Wildman–Crippen LogP) is 0.392. The van der Waals surface area contributed by atoms with Crippen LogP contribution < -0.4 is 5.32 Å². The van der Waals surface area contributed by atoms with Gasteiger partial charge in [0.25, 0.3) is 11.8 Å². The normalized spacial score (nSPS) is 16.5. The standard InChI is InChI=1S/C13H20N2O5/c1-4-9(12(18)14-7-8(2)3)13(19)20-15-10(16)5-6-11(15)17/h8-9H,4-7H2,1-3H3,(H,14,18). The molecule has 1 atom stereocenters. The highest BCUT2D eigenvalue weighted by molar-refractivity contribution is 6.03. The molecule has 3 amide bonds. The van der Waals surface area contributed by atoms with E-state index < -0.39 is 29.6 Å². The summed E-state index contributed by atoms with van der Waals surface area (Å²) in [5, 5.41) is 3.09. The summed E-state index contributed by atoms with van der Waals surface area (Å²) in [5.41, 5.74) is 0. The lowest BCUT2D eigenvalue weighted by Crippen LogP contribution is -2.41. The maximum atomic E-state index is 11.9. The van der Waals surface area contributed by atoms with Crippen molar-refractivity contribution in [3.05, 3.63) is 0 Å². The van der Waals surface area contributed by atoms with Crippen molar-refractivity contribution < 1.29 is 24.0 Å². The number of hydrogen-bond acceptors (Lipinski definition) is 5. The van der Waals surface area contributed by atoms with Crippen LogP contribution in [0.2, 0.25) is 0 Å². The van der Waals surface area contributed by atoms with E-state index in [9.17, 15) is 19.2 Å². The molecule has 1 N–H and O–H groups in total. The largest absolute Gasteiger partial charge is 0.355 e. The highest BCUT2D eigenvalue weighted by atomic mass is 16.7. The third-order valence-electron chi connectivity index (χ3n) is 2.88. The number of imide groups is 1. The topological polar surface area (TPSA) is 92.8 Å². The Bertz CT molecular complexity index is 403. The molecule has 0 spiro atoms. The van der Waals surface area contributed by atoms with E-state index >= 15 is 0 Å². The number of hydrogen-bond donors (Lipinski definition) is 1. The van der Waals surface area contributed by atoms with E-state index in [1.807, 2.05) is 13.8 Å². The van der Waals surface area contributed by atoms with Gasteiger partial charge in [0.15, 0.2) is 0 Å². The minimum absolute atomic E-state index is 0.0302. The molecule has 0 aromatic rings. The molecule has 7 nitrogen and oxygen atoms in total. The van der Waals surface area contributed by atoms with Crippen LogP contribution in [0.15, 0.2) is 0 Å². The Hall–Kier alpha value is -1.92. The molecule has 0 bridgehead atoms. The summed E-state index contributed by atoms with van der Waals surface area (Å²) in [6.07, 6.45) is 0.296. The monoisotopic (exact) mass is 284 g/mol. The SMILES string of the molecule is CCC(C(=O)NCC(C)C)C(=O)ON1C(=O)CCC1=O. The fourth-order valence-electron chi connectivity index (χ4n) is 1.70. The Morgan fingerprint density at radius 2 is 1.80 bits per heavy atom. The molecule has 1 rings (SSSR count). The molecule has 112 valence electrons. The lowest BCUT2D eigenvalue weighted by atomic mass is 10.1. The molecular formula is C13H20N2O5. The van der Waals surface area contributed by atoms with E-state index in [1.165, 1.54) is 0 Å². The zero-order valence-corrected chi connectivity index (χ0v) is 12.0. The second-order valence-electron chi connectivity index (χ2n) is 5.09. The van der Waals surface area contributed by atoms with Crippen LogP contribution >= 0.6 is 0 Å². The minimum Gasteiger partial charge on any atom is -0.355 e. The second-order valence-corrected chi connectivity index (χ2v) is 5.09. The van der Waals surface area contributed by atoms with Crippen LogP contribution in [-0.4, -0.2) is 35.3 Å². The Kier molecular flexibility index (Phi) is 5.66. The Morgan fingerprint density at radius 1 is 1.25 bits per heavy atom. The molecule has 1 unspecified atom stereocenters. The summed E-state index contributed by atoms with van der Waals surface area (Å²) in [7, 11) is 0. The Labute approximate surface area is 117 Å². The van der Waals surface area contributed by atoms with Crippen LogP contribution in [0.1, 0.15) is 40.0 Å². The van der Waals surface area contributed by atoms with E-state index in [1.54, 1.807) is 6.92 Å². The fraction of sp³-hybridized carbons (Fsp3) is 0.692. The third kappa shape index (κ3) is 4.04. The smallest absolute Gasteiger partial charge is 0.345 e. The molecule has 0 saturated carbocycles. The van der Waals surface area contributed by atoms with Gasteiger partial charge >= 0.3 is 5.97 Å². The van der Waals surface area contributed by atoms with Crippen LogP contribution in [0.3, 0.4) is 0 Å². The molecule has 0 aromatic heterocycles. The predicted molar refractivity (Wildman–Crippen MR) is 68.8 cm³/mol. The van der Waals surface area contributed by atoms with E-state index in [0.29, 0.717) is 11.6 Å². The van der Waals surface area contributed by atoms with Crippen molar-refractivity contribution in [1.82, 2.24) is 10.4 Å². The number of rotatable bonds is 6. The maximum absolute atomic E-state index is 11.9. The Balaban J connectivity index is 2.60. The van der Waals surface area contributed by atoms with E-state index in [2.05, 4.69) is 5.32 Å². The van der Waals surface area contributed by atoms with Gasteiger partial charge in [-0.3, -0.25) is 14.4 Å². The molecule has 7 heteroatoms. The van der Waals surface area contributed by atoms with Gasteiger partial charge in [0.1, 0.15) is 5.92 Å².